The topological polar surface area (TPSA) is 75.3 Å². The molecule has 0 heterocycles. The summed E-state index contributed by atoms with van der Waals surface area (Å²) in [5.74, 6) is -0.185. The first-order valence-corrected chi connectivity index (χ1v) is 5.95. The van der Waals surface area contributed by atoms with Crippen LogP contribution >= 0.6 is 0 Å². The highest BCUT2D eigenvalue weighted by Crippen LogP contribution is 2.23. The van der Waals surface area contributed by atoms with E-state index in [1.54, 1.807) is 31.2 Å². The number of hydrogen-bond donors (Lipinski definition) is 3. The predicted molar refractivity (Wildman–Crippen MR) is 76.4 cm³/mol. The van der Waals surface area contributed by atoms with Gasteiger partial charge in [-0.2, -0.15) is 0 Å². The summed E-state index contributed by atoms with van der Waals surface area (Å²) in [5.41, 5.74) is 8.90. The second kappa shape index (κ2) is 5.02. The number of nitrogens with two attached hydrogens (primary N) is 1. The van der Waals surface area contributed by atoms with Gasteiger partial charge in [-0.3, -0.25) is 4.79 Å². The highest BCUT2D eigenvalue weighted by molar-refractivity contribution is 6.07. The average molecular weight is 256 g/mol. The van der Waals surface area contributed by atoms with Crippen molar-refractivity contribution in [1.82, 2.24) is 0 Å². The Hall–Kier alpha value is -2.49. The Morgan fingerprint density at radius 1 is 1.21 bits per heavy atom. The van der Waals surface area contributed by atoms with Gasteiger partial charge in [-0.25, -0.2) is 0 Å². The zero-order valence-corrected chi connectivity index (χ0v) is 10.9. The van der Waals surface area contributed by atoms with Crippen LogP contribution in [0.25, 0.3) is 0 Å². The number of anilines is 2. The molecule has 2 aromatic carbocycles. The Kier molecular flexibility index (Phi) is 3.42. The Bertz CT molecular complexity index is 636. The lowest BCUT2D eigenvalue weighted by atomic mass is 10.1. The number of aromatic hydroxyl groups is 1. The molecule has 2 rings (SSSR count). The Balaban J connectivity index is 2.31. The van der Waals surface area contributed by atoms with Crippen LogP contribution in [0.1, 0.15) is 21.5 Å². The molecule has 0 radical (unpaired) electrons. The molecule has 19 heavy (non-hydrogen) atoms. The highest BCUT2D eigenvalue weighted by atomic mass is 16.3. The van der Waals surface area contributed by atoms with Crippen LogP contribution in [0.5, 0.6) is 5.75 Å². The molecule has 2 aromatic rings. The minimum Gasteiger partial charge on any atom is -0.508 e. The number of phenols is 1. The third-order valence-electron chi connectivity index (χ3n) is 3.01. The highest BCUT2D eigenvalue weighted by Gasteiger charge is 2.12. The van der Waals surface area contributed by atoms with Crippen LogP contribution in [0.2, 0.25) is 0 Å². The van der Waals surface area contributed by atoms with Crippen molar-refractivity contribution in [2.75, 3.05) is 11.1 Å². The molecule has 0 aliphatic heterocycles. The Labute approximate surface area is 111 Å². The van der Waals surface area contributed by atoms with Crippen LogP contribution in [0.3, 0.4) is 0 Å². The number of carbonyl (C=O) groups excluding carboxylic acids is 1. The number of amides is 1. The zero-order chi connectivity index (χ0) is 14.0. The minimum absolute atomic E-state index is 0.102. The van der Waals surface area contributed by atoms with Crippen molar-refractivity contribution in [3.8, 4) is 5.75 Å². The molecular formula is C15H16N2O2. The quantitative estimate of drug-likeness (QED) is 0.723. The molecule has 0 aliphatic rings. The van der Waals surface area contributed by atoms with Crippen LogP contribution in [0.4, 0.5) is 11.4 Å². The van der Waals surface area contributed by atoms with Gasteiger partial charge in [-0.1, -0.05) is 12.1 Å². The lowest BCUT2D eigenvalue weighted by Gasteiger charge is -2.11. The van der Waals surface area contributed by atoms with E-state index in [1.165, 1.54) is 0 Å². The lowest BCUT2D eigenvalue weighted by molar-refractivity contribution is 0.102. The summed E-state index contributed by atoms with van der Waals surface area (Å²) >= 11 is 0. The molecular weight excluding hydrogens is 240 g/mol. The molecule has 0 atom stereocenters. The van der Waals surface area contributed by atoms with Crippen molar-refractivity contribution in [3.05, 3.63) is 53.1 Å². The smallest absolute Gasteiger partial charge is 0.256 e. The summed E-state index contributed by atoms with van der Waals surface area (Å²) in [4.78, 5) is 12.2. The van der Waals surface area contributed by atoms with Gasteiger partial charge in [-0.05, 0) is 43.7 Å². The molecule has 4 heteroatoms. The van der Waals surface area contributed by atoms with Crippen LogP contribution in [-0.2, 0) is 0 Å². The number of rotatable bonds is 2. The molecule has 0 aromatic heterocycles. The Morgan fingerprint density at radius 3 is 2.68 bits per heavy atom. The molecule has 0 unspecified atom stereocenters. The Morgan fingerprint density at radius 2 is 1.95 bits per heavy atom. The van der Waals surface area contributed by atoms with Crippen LogP contribution in [-0.4, -0.2) is 11.0 Å². The maximum absolute atomic E-state index is 12.2. The largest absolute Gasteiger partial charge is 0.508 e. The fourth-order valence-electron chi connectivity index (χ4n) is 1.84. The minimum atomic E-state index is -0.286. The van der Waals surface area contributed by atoms with E-state index in [-0.39, 0.29) is 11.7 Å². The number of phenolic OH excluding ortho intramolecular Hbond substituents is 1. The van der Waals surface area contributed by atoms with E-state index >= 15 is 0 Å². The molecule has 0 saturated heterocycles. The van der Waals surface area contributed by atoms with E-state index in [4.69, 9.17) is 5.73 Å². The van der Waals surface area contributed by atoms with Gasteiger partial charge in [0.15, 0.2) is 0 Å². The molecule has 0 saturated carbocycles. The third kappa shape index (κ3) is 2.68. The second-order valence-electron chi connectivity index (χ2n) is 4.49. The van der Waals surface area contributed by atoms with Crippen molar-refractivity contribution in [3.63, 3.8) is 0 Å². The average Bonchev–Trinajstić information content (AvgIpc) is 2.37. The van der Waals surface area contributed by atoms with Crippen LogP contribution < -0.4 is 11.1 Å². The summed E-state index contributed by atoms with van der Waals surface area (Å²) in [6.07, 6.45) is 0. The monoisotopic (exact) mass is 256 g/mol. The fourth-order valence-corrected chi connectivity index (χ4v) is 1.84. The van der Waals surface area contributed by atoms with Gasteiger partial charge < -0.3 is 16.2 Å². The van der Waals surface area contributed by atoms with Crippen molar-refractivity contribution in [2.45, 2.75) is 13.8 Å². The first-order chi connectivity index (χ1) is 8.99. The van der Waals surface area contributed by atoms with E-state index in [0.29, 0.717) is 22.5 Å². The molecule has 4 nitrogen and oxygen atoms in total. The van der Waals surface area contributed by atoms with Crippen molar-refractivity contribution in [2.24, 2.45) is 0 Å². The molecule has 0 fully saturated rings. The van der Waals surface area contributed by atoms with E-state index < -0.39 is 0 Å². The van der Waals surface area contributed by atoms with Gasteiger partial charge in [0.2, 0.25) is 0 Å². The zero-order valence-electron chi connectivity index (χ0n) is 10.9. The second-order valence-corrected chi connectivity index (χ2v) is 4.49. The van der Waals surface area contributed by atoms with E-state index in [2.05, 4.69) is 5.32 Å². The molecule has 1 amide bonds. The van der Waals surface area contributed by atoms with E-state index in [1.807, 2.05) is 19.1 Å². The summed E-state index contributed by atoms with van der Waals surface area (Å²) in [5, 5.41) is 12.4. The van der Waals surface area contributed by atoms with Crippen molar-refractivity contribution >= 4 is 17.3 Å². The summed E-state index contributed by atoms with van der Waals surface area (Å²) in [6.45, 7) is 3.62. The molecule has 98 valence electrons. The maximum atomic E-state index is 12.2. The maximum Gasteiger partial charge on any atom is 0.256 e. The van der Waals surface area contributed by atoms with E-state index in [9.17, 15) is 9.90 Å². The normalized spacial score (nSPS) is 10.2. The van der Waals surface area contributed by atoms with Gasteiger partial charge in [0.05, 0.1) is 11.4 Å². The number of aryl methyl sites for hydroxylation is 1. The van der Waals surface area contributed by atoms with E-state index in [0.717, 1.165) is 5.56 Å². The molecule has 0 spiro atoms. The summed E-state index contributed by atoms with van der Waals surface area (Å²) in [7, 11) is 0. The first kappa shape index (κ1) is 13.0. The van der Waals surface area contributed by atoms with Gasteiger partial charge in [-0.15, -0.1) is 0 Å². The number of benzene rings is 2. The lowest BCUT2D eigenvalue weighted by Crippen LogP contribution is -2.14. The predicted octanol–water partition coefficient (Wildman–Crippen LogP) is 2.84. The van der Waals surface area contributed by atoms with Crippen molar-refractivity contribution in [1.29, 1.82) is 0 Å². The van der Waals surface area contributed by atoms with Crippen LogP contribution in [0.15, 0.2) is 36.4 Å². The summed E-state index contributed by atoms with van der Waals surface area (Å²) < 4.78 is 0. The van der Waals surface area contributed by atoms with Gasteiger partial charge in [0, 0.05) is 11.1 Å². The standard InChI is InChI=1S/C15H16N2O2/c1-9-6-7-12(16)13(8-9)17-15(19)11-4-3-5-14(18)10(11)2/h3-8,18H,16H2,1-2H3,(H,17,19). The molecule has 0 bridgehead atoms. The fraction of sp³-hybridized carbons (Fsp3) is 0.133. The number of nitrogen functional groups attached to an aromatic ring is 1. The van der Waals surface area contributed by atoms with Crippen molar-refractivity contribution < 1.29 is 9.90 Å². The third-order valence-corrected chi connectivity index (χ3v) is 3.01. The SMILES string of the molecule is Cc1ccc(N)c(NC(=O)c2cccc(O)c2C)c1. The van der Waals surface area contributed by atoms with Gasteiger partial charge in [0.1, 0.15) is 5.75 Å². The van der Waals surface area contributed by atoms with Crippen LogP contribution in [0, 0.1) is 13.8 Å². The summed E-state index contributed by atoms with van der Waals surface area (Å²) in [6, 6.07) is 10.3. The number of hydrogen-bond acceptors (Lipinski definition) is 3. The number of carbonyl (C=O) groups is 1. The van der Waals surface area contributed by atoms with Gasteiger partial charge in [0.25, 0.3) is 5.91 Å². The molecule has 0 aliphatic carbocycles. The number of nitrogens with one attached hydrogen (secondary N) is 1. The first-order valence-electron chi connectivity index (χ1n) is 5.95. The van der Waals surface area contributed by atoms with Gasteiger partial charge >= 0.3 is 0 Å². The molecule has 4 N–H and O–H groups in total.